The van der Waals surface area contributed by atoms with E-state index in [0.29, 0.717) is 46.3 Å². The molecule has 4 aromatic carbocycles. The molecule has 0 aromatic heterocycles. The van der Waals surface area contributed by atoms with Crippen LogP contribution in [0.2, 0.25) is 0 Å². The number of ether oxygens (including phenoxy) is 6. The Labute approximate surface area is 616 Å². The van der Waals surface area contributed by atoms with Crippen LogP contribution in [0.25, 0.3) is 0 Å². The standard InChI is InChI=1S/C37H54N2O9.C23H30N2O9.CH4.CH3.3ClH.2Fe.2HI.2V/c1-34(2,3)45-30(41)20-38(17-25-13-11-15-27-23-43-36(7,8)47-32(25)27)19-29(22-40)39(21-31(42)46-35(4,5)6)18-26-14-12-16-28-24-44-37(9,10)48-33(26)28;26-12-17-5-1-3-15(22(17)33)7-24(10-20(29)30)9-19(14-28)25(11-21(31)32)8-16-4-2-6-18(13-27)23(16)34;;;;;;;;;;;/h11-16,29,40H,17-24H2,1-10H3;1-6,19,26-28,33-34H,7-14H2,(H,29,30)(H,31,32);1H4;1H3;3*1H;;;2*1H;;/q;;;-1;;;;+2;+3;;;;+2/p-6. The van der Waals surface area contributed by atoms with Gasteiger partial charge >= 0.3 is 132 Å². The Morgan fingerprint density at radius 1 is 0.613 bits per heavy atom. The van der Waals surface area contributed by atoms with E-state index in [9.17, 15) is 60.0 Å². The number of carboxylic acids is 2. The number of hydrogen-bond donors (Lipinski definition) is 7. The van der Waals surface area contributed by atoms with Crippen LogP contribution < -0.4 is 14.6 Å². The summed E-state index contributed by atoms with van der Waals surface area (Å²) < 4.78 is 35.6. The summed E-state index contributed by atoms with van der Waals surface area (Å²) in [6.45, 7) is 16.9. The van der Waals surface area contributed by atoms with E-state index in [4.69, 9.17) is 58.7 Å². The minimum Gasteiger partial charge on any atom is 0 e. The summed E-state index contributed by atoms with van der Waals surface area (Å²) in [5.41, 5.74) is 3.16. The van der Waals surface area contributed by atoms with E-state index in [2.05, 4.69) is 40.0 Å². The number of aliphatic hydroxyl groups is 4. The number of carbonyl (C=O) groups excluding carboxylic acids is 2. The van der Waals surface area contributed by atoms with Crippen molar-refractivity contribution >= 4 is 94.1 Å². The minimum absolute atomic E-state index is 0. The summed E-state index contributed by atoms with van der Waals surface area (Å²) in [5, 5.41) is 81.2. The van der Waals surface area contributed by atoms with E-state index in [1.807, 2.05) is 115 Å². The number of halogens is 5. The van der Waals surface area contributed by atoms with E-state index < -0.39 is 109 Å². The number of aliphatic hydroxyl groups excluding tert-OH is 4. The molecule has 0 saturated carbocycles. The molecule has 0 fully saturated rings. The number of benzene rings is 4. The number of fused-ring (bicyclic) bond motifs is 2. The van der Waals surface area contributed by atoms with Gasteiger partial charge in [-0.25, -0.2) is 0 Å². The zero-order valence-electron chi connectivity index (χ0n) is 53.3. The van der Waals surface area contributed by atoms with Gasteiger partial charge < -0.3 is 76.7 Å². The van der Waals surface area contributed by atoms with E-state index in [-0.39, 0.29) is 125 Å². The summed E-state index contributed by atoms with van der Waals surface area (Å²) in [5.74, 6) is -4.05. The van der Waals surface area contributed by atoms with E-state index in [0.717, 1.165) is 22.3 Å². The Bertz CT molecular complexity index is 2920. The van der Waals surface area contributed by atoms with Gasteiger partial charge in [-0.2, -0.15) is 0 Å². The minimum atomic E-state index is -1.33. The van der Waals surface area contributed by atoms with Gasteiger partial charge in [0.15, 0.2) is 0 Å². The molecular weight excluding hydrogens is 1660 g/mol. The third kappa shape index (κ3) is 34.6. The number of carboxylic acid groups (broad SMARTS) is 2. The van der Waals surface area contributed by atoms with Gasteiger partial charge in [-0.15, -0.1) is 0 Å². The predicted octanol–water partition coefficient (Wildman–Crippen LogP) is 9.53. The first-order chi connectivity index (χ1) is 41.6. The third-order valence-electron chi connectivity index (χ3n) is 13.1. The molecule has 22 nitrogen and oxygen atoms in total. The summed E-state index contributed by atoms with van der Waals surface area (Å²) in [6.07, 6.45) is 0. The number of para-hydroxylation sites is 4. The van der Waals surface area contributed by atoms with Gasteiger partial charge in [0.05, 0.1) is 65.8 Å². The van der Waals surface area contributed by atoms with Crippen molar-refractivity contribution in [1.29, 1.82) is 0 Å². The smallest absolute Gasteiger partial charge is 0 e. The van der Waals surface area contributed by atoms with Crippen LogP contribution in [-0.4, -0.2) is 167 Å². The molecule has 0 bridgehead atoms. The molecule has 2 heterocycles. The Kier molecular flexibility index (Phi) is 45.1. The number of aromatic hydroxyl groups is 1. The topological polar surface area (TPSA) is 301 Å². The van der Waals surface area contributed by atoms with Crippen LogP contribution in [0.4, 0.5) is 0 Å². The van der Waals surface area contributed by atoms with Crippen LogP contribution in [0.15, 0.2) is 72.8 Å². The molecule has 4 aromatic rings. The largest absolute Gasteiger partial charge is 0 e. The fourth-order valence-electron chi connectivity index (χ4n) is 9.41. The van der Waals surface area contributed by atoms with Crippen LogP contribution >= 0.6 is 70.3 Å². The van der Waals surface area contributed by atoms with Crippen molar-refractivity contribution in [3.8, 4) is 23.0 Å². The van der Waals surface area contributed by atoms with Crippen LogP contribution in [0.3, 0.4) is 0 Å². The Hall–Kier alpha value is -1.90. The van der Waals surface area contributed by atoms with Gasteiger partial charge in [0.2, 0.25) is 11.6 Å². The molecule has 31 heteroatoms. The first kappa shape index (κ1) is 93.2. The molecule has 0 amide bonds. The van der Waals surface area contributed by atoms with Gasteiger partial charge in [-0.3, -0.25) is 38.8 Å². The Morgan fingerprint density at radius 2 is 0.957 bits per heavy atom. The maximum absolute atomic E-state index is 13.3. The van der Waals surface area contributed by atoms with Gasteiger partial charge in [0.1, 0.15) is 28.5 Å². The summed E-state index contributed by atoms with van der Waals surface area (Å²) in [4.78, 5) is 56.0. The normalized spacial score (nSPS) is 14.2. The number of aliphatic carboxylic acids is 2. The van der Waals surface area contributed by atoms with Crippen molar-refractivity contribution in [2.45, 2.75) is 164 Å². The molecule has 6 rings (SSSR count). The first-order valence-corrected chi connectivity index (χ1v) is 41.4. The number of rotatable bonds is 26. The van der Waals surface area contributed by atoms with Crippen LogP contribution in [-0.2, 0) is 147 Å². The van der Waals surface area contributed by atoms with Crippen molar-refractivity contribution in [1.82, 2.24) is 19.6 Å². The Morgan fingerprint density at radius 3 is 1.38 bits per heavy atom. The number of hydrogen-bond acceptors (Lipinski definition) is 20. The maximum Gasteiger partial charge on any atom is 0 e. The van der Waals surface area contributed by atoms with Crippen LogP contribution in [0.1, 0.15) is 121 Å². The fourth-order valence-corrected chi connectivity index (χ4v) is 9.41. The molecule has 2 atom stereocenters. The zero-order chi connectivity index (χ0) is 67.0. The maximum atomic E-state index is 13.3. The molecular formula is C62H90Cl3Fe2I2N4O18V2. The summed E-state index contributed by atoms with van der Waals surface area (Å²) in [6, 6.07) is 19.4. The first-order valence-electron chi connectivity index (χ1n) is 27.8. The fraction of sp³-hybridized carbons (Fsp3) is 0.532. The van der Waals surface area contributed by atoms with Crippen molar-refractivity contribution < 1.29 is 145 Å². The molecule has 0 saturated heterocycles. The van der Waals surface area contributed by atoms with Crippen molar-refractivity contribution in [3.05, 3.63) is 125 Å². The molecule has 2 aliphatic heterocycles. The van der Waals surface area contributed by atoms with Crippen LogP contribution in [0, 0.1) is 7.43 Å². The average molecular weight is 1750 g/mol. The van der Waals surface area contributed by atoms with E-state index >= 15 is 0 Å². The van der Waals surface area contributed by atoms with Crippen molar-refractivity contribution in [3.63, 3.8) is 0 Å². The quantitative estimate of drug-likeness (QED) is 0.0133. The van der Waals surface area contributed by atoms with Gasteiger partial charge in [0.25, 0.3) is 0 Å². The molecule has 1 radical (unpaired) electrons. The summed E-state index contributed by atoms with van der Waals surface area (Å²) in [7, 11) is 15.3. The van der Waals surface area contributed by atoms with Gasteiger partial charge in [-0.05, 0) is 52.7 Å². The van der Waals surface area contributed by atoms with Crippen molar-refractivity contribution in [2.75, 3.05) is 52.5 Å². The molecule has 2 aliphatic rings. The molecule has 7 N–H and O–H groups in total. The molecule has 2 unspecified atom stereocenters. The average Bonchev–Trinajstić information content (AvgIpc) is 0.815. The SMILES string of the molecule is C.CC(C)(C)OC(=O)CN(Cc1cccc2c1OC(C)(C)OC2)CC(CO)N(CC(=O)OC(C)(C)C)Cc1cccc2c1OC(C)(C)OC2.O=C(O)CN(Cc1cccc(CO)c1O)CC(CO)N(CC(=O)O)Cc1cccc(CO)c1[O-].[CH3-].[Cl][Fe]([Cl])[Cl].[Fe+2].[I][V][I].[V]. The number of carbonyl (C=O) groups is 4. The van der Waals surface area contributed by atoms with Gasteiger partial charge in [-0.1, -0.05) is 86.0 Å². The predicted molar refractivity (Wildman–Crippen MR) is 357 cm³/mol. The molecule has 0 aliphatic carbocycles. The molecule has 93 heavy (non-hydrogen) atoms. The second kappa shape index (κ2) is 45.0. The van der Waals surface area contributed by atoms with E-state index in [1.54, 1.807) is 18.2 Å². The monoisotopic (exact) mass is 1750 g/mol. The van der Waals surface area contributed by atoms with Crippen LogP contribution in [0.5, 0.6) is 23.0 Å². The van der Waals surface area contributed by atoms with E-state index in [1.165, 1.54) is 28.0 Å². The van der Waals surface area contributed by atoms with Crippen molar-refractivity contribution in [2.24, 2.45) is 0 Å². The number of esters is 2. The van der Waals surface area contributed by atoms with Gasteiger partial charge in [0, 0.05) is 131 Å². The number of phenols is 1. The second-order valence-corrected chi connectivity index (χ2v) is 40.8. The molecule has 0 spiro atoms. The second-order valence-electron chi connectivity index (χ2n) is 23.5. The zero-order valence-corrected chi connectivity index (χ0v) is 64.9. The third-order valence-corrected chi connectivity index (χ3v) is 13.1. The number of nitrogens with zero attached hydrogens (tertiary/aromatic N) is 4. The molecule has 527 valence electrons. The Balaban J connectivity index is 0. The summed E-state index contributed by atoms with van der Waals surface area (Å²) >= 11 is 3.40.